The molecule has 1 amide bonds. The van der Waals surface area contributed by atoms with Gasteiger partial charge in [0.25, 0.3) is 10.0 Å². The normalized spacial score (nSPS) is 15.5. The van der Waals surface area contributed by atoms with Gasteiger partial charge in [0.2, 0.25) is 5.91 Å². The monoisotopic (exact) mass is 472 g/mol. The Labute approximate surface area is 167 Å². The highest BCUT2D eigenvalue weighted by Crippen LogP contribution is 2.48. The molecule has 0 heterocycles. The number of nitrogens with zero attached hydrogens (tertiary/aromatic N) is 1. The summed E-state index contributed by atoms with van der Waals surface area (Å²) in [7, 11) is -4.54. The highest BCUT2D eigenvalue weighted by atomic mass is 79.9. The van der Waals surface area contributed by atoms with Crippen LogP contribution in [0.3, 0.4) is 0 Å². The van der Waals surface area contributed by atoms with E-state index in [9.17, 15) is 26.4 Å². The quantitative estimate of drug-likeness (QED) is 0.731. The molecule has 2 aromatic rings. The molecule has 3 rings (SSSR count). The third-order valence-corrected chi connectivity index (χ3v) is 6.39. The molecule has 0 aliphatic heterocycles. The van der Waals surface area contributed by atoms with Crippen LogP contribution in [-0.2, 0) is 26.4 Å². The Kier molecular flexibility index (Phi) is 5.02. The van der Waals surface area contributed by atoms with E-state index in [4.69, 9.17) is 5.26 Å². The van der Waals surface area contributed by atoms with Crippen molar-refractivity contribution < 1.29 is 26.4 Å². The zero-order valence-electron chi connectivity index (χ0n) is 14.0. The molecule has 1 aliphatic carbocycles. The molecule has 0 unspecified atom stereocenters. The molecule has 0 saturated heterocycles. The van der Waals surface area contributed by atoms with Crippen molar-refractivity contribution >= 4 is 31.9 Å². The average molecular weight is 473 g/mol. The number of hydrogen-bond donors (Lipinski definition) is 1. The Morgan fingerprint density at radius 1 is 1.14 bits per heavy atom. The fourth-order valence-corrected chi connectivity index (χ4v) is 4.18. The van der Waals surface area contributed by atoms with Gasteiger partial charge < -0.3 is 0 Å². The van der Waals surface area contributed by atoms with E-state index in [1.54, 1.807) is 24.3 Å². The van der Waals surface area contributed by atoms with Crippen LogP contribution in [0.4, 0.5) is 13.2 Å². The van der Waals surface area contributed by atoms with Crippen molar-refractivity contribution in [2.45, 2.75) is 29.3 Å². The van der Waals surface area contributed by atoms with Gasteiger partial charge in [0, 0.05) is 4.47 Å². The Hall–Kier alpha value is -2.38. The van der Waals surface area contributed by atoms with Gasteiger partial charge in [0.1, 0.15) is 0 Å². The van der Waals surface area contributed by atoms with Crippen molar-refractivity contribution in [2.24, 2.45) is 0 Å². The third kappa shape index (κ3) is 3.77. The van der Waals surface area contributed by atoms with Gasteiger partial charge in [0.05, 0.1) is 27.5 Å². The van der Waals surface area contributed by atoms with E-state index in [2.05, 4.69) is 15.9 Å². The molecular weight excluding hydrogens is 461 g/mol. The number of halogens is 4. The molecule has 0 spiro atoms. The molecule has 10 heteroatoms. The zero-order valence-corrected chi connectivity index (χ0v) is 16.5. The minimum Gasteiger partial charge on any atom is -0.273 e. The van der Waals surface area contributed by atoms with E-state index in [0.717, 1.165) is 16.6 Å². The summed E-state index contributed by atoms with van der Waals surface area (Å²) in [6, 6.07) is 10.2. The van der Waals surface area contributed by atoms with E-state index in [1.165, 1.54) is 6.07 Å². The van der Waals surface area contributed by atoms with Crippen molar-refractivity contribution in [3.63, 3.8) is 0 Å². The van der Waals surface area contributed by atoms with Gasteiger partial charge in [-0.2, -0.15) is 18.4 Å². The number of carbonyl (C=O) groups is 1. The topological polar surface area (TPSA) is 87.0 Å². The van der Waals surface area contributed by atoms with Crippen molar-refractivity contribution in [3.05, 3.63) is 63.6 Å². The van der Waals surface area contributed by atoms with Gasteiger partial charge in [0.15, 0.2) is 0 Å². The summed E-state index contributed by atoms with van der Waals surface area (Å²) in [4.78, 5) is 11.9. The first-order valence-corrected chi connectivity index (χ1v) is 10.2. The van der Waals surface area contributed by atoms with Crippen molar-refractivity contribution in [1.29, 1.82) is 5.26 Å². The zero-order chi connectivity index (χ0) is 20.7. The second kappa shape index (κ2) is 6.90. The lowest BCUT2D eigenvalue weighted by Crippen LogP contribution is -2.38. The number of nitrogens with one attached hydrogen (secondary N) is 1. The molecule has 1 aliphatic rings. The number of nitriles is 1. The van der Waals surface area contributed by atoms with Crippen LogP contribution in [0.2, 0.25) is 0 Å². The maximum atomic E-state index is 13.1. The highest BCUT2D eigenvalue weighted by Gasteiger charge is 2.52. The predicted molar refractivity (Wildman–Crippen MR) is 96.5 cm³/mol. The number of hydrogen-bond acceptors (Lipinski definition) is 4. The van der Waals surface area contributed by atoms with Crippen LogP contribution < -0.4 is 4.72 Å². The Balaban J connectivity index is 1.91. The summed E-state index contributed by atoms with van der Waals surface area (Å²) < 4.78 is 66.9. The third-order valence-electron chi connectivity index (χ3n) is 4.54. The van der Waals surface area contributed by atoms with Crippen molar-refractivity contribution in [1.82, 2.24) is 4.72 Å². The molecule has 146 valence electrons. The van der Waals surface area contributed by atoms with Gasteiger partial charge in [-0.25, -0.2) is 13.1 Å². The standard InChI is InChI=1S/C18H12BrF3N2O3S/c19-13-4-2-12(3-5-13)17(7-8-17)16(25)24-28(26,27)14-6-1-11(10-23)15(9-14)18(20,21)22/h1-6,9H,7-8H2,(H,24,25). The van der Waals surface area contributed by atoms with Gasteiger partial charge in [-0.05, 0) is 48.7 Å². The summed E-state index contributed by atoms with van der Waals surface area (Å²) >= 11 is 3.27. The Bertz CT molecular complexity index is 1090. The molecular formula is C18H12BrF3N2O3S. The first-order chi connectivity index (χ1) is 13.0. The molecule has 1 saturated carbocycles. The van der Waals surface area contributed by atoms with Crippen LogP contribution in [0.1, 0.15) is 29.5 Å². The SMILES string of the molecule is N#Cc1ccc(S(=O)(=O)NC(=O)C2(c3ccc(Br)cc3)CC2)cc1C(F)(F)F. The molecule has 0 radical (unpaired) electrons. The van der Waals surface area contributed by atoms with Gasteiger partial charge >= 0.3 is 6.18 Å². The molecule has 0 aromatic heterocycles. The lowest BCUT2D eigenvalue weighted by Gasteiger charge is -2.17. The second-order valence-electron chi connectivity index (χ2n) is 6.34. The van der Waals surface area contributed by atoms with E-state index >= 15 is 0 Å². The summed E-state index contributed by atoms with van der Waals surface area (Å²) in [5.74, 6) is -0.798. The molecule has 28 heavy (non-hydrogen) atoms. The maximum Gasteiger partial charge on any atom is 0.417 e. The number of amides is 1. The predicted octanol–water partition coefficient (Wildman–Crippen LogP) is 3.88. The smallest absolute Gasteiger partial charge is 0.273 e. The van der Waals surface area contributed by atoms with E-state index < -0.39 is 43.5 Å². The first kappa shape index (κ1) is 20.4. The minimum atomic E-state index is -4.91. The van der Waals surface area contributed by atoms with Crippen LogP contribution in [0.15, 0.2) is 51.8 Å². The summed E-state index contributed by atoms with van der Waals surface area (Å²) in [6.45, 7) is 0. The second-order valence-corrected chi connectivity index (χ2v) is 8.94. The minimum absolute atomic E-state index is 0.355. The van der Waals surface area contributed by atoms with Crippen molar-refractivity contribution in [3.8, 4) is 6.07 Å². The number of benzene rings is 2. The van der Waals surface area contributed by atoms with Crippen LogP contribution in [0.5, 0.6) is 0 Å². The van der Waals surface area contributed by atoms with Crippen LogP contribution in [0, 0.1) is 11.3 Å². The number of alkyl halides is 3. The number of carbonyl (C=O) groups excluding carboxylic acids is 1. The summed E-state index contributed by atoms with van der Waals surface area (Å²) in [5, 5.41) is 8.81. The van der Waals surface area contributed by atoms with E-state index in [-0.39, 0.29) is 0 Å². The fourth-order valence-electron chi connectivity index (χ4n) is 2.84. The van der Waals surface area contributed by atoms with E-state index in [1.807, 2.05) is 4.72 Å². The molecule has 1 N–H and O–H groups in total. The number of sulfonamides is 1. The summed E-state index contributed by atoms with van der Waals surface area (Å²) in [5.41, 5.74) is -2.47. The van der Waals surface area contributed by atoms with Gasteiger partial charge in [-0.3, -0.25) is 4.79 Å². The van der Waals surface area contributed by atoms with Crippen LogP contribution >= 0.6 is 15.9 Å². The molecule has 5 nitrogen and oxygen atoms in total. The highest BCUT2D eigenvalue weighted by molar-refractivity contribution is 9.10. The van der Waals surface area contributed by atoms with E-state index in [0.29, 0.717) is 24.5 Å². The molecule has 0 atom stereocenters. The summed E-state index contributed by atoms with van der Waals surface area (Å²) in [6.07, 6.45) is -4.05. The van der Waals surface area contributed by atoms with Crippen LogP contribution in [-0.4, -0.2) is 14.3 Å². The van der Waals surface area contributed by atoms with Gasteiger partial charge in [-0.1, -0.05) is 28.1 Å². The molecule has 2 aromatic carbocycles. The Morgan fingerprint density at radius 3 is 2.25 bits per heavy atom. The van der Waals surface area contributed by atoms with Gasteiger partial charge in [-0.15, -0.1) is 0 Å². The largest absolute Gasteiger partial charge is 0.417 e. The maximum absolute atomic E-state index is 13.1. The molecule has 0 bridgehead atoms. The van der Waals surface area contributed by atoms with Crippen LogP contribution in [0.25, 0.3) is 0 Å². The average Bonchev–Trinajstić information content (AvgIpc) is 3.42. The first-order valence-electron chi connectivity index (χ1n) is 7.94. The Morgan fingerprint density at radius 2 is 1.75 bits per heavy atom. The number of rotatable bonds is 4. The lowest BCUT2D eigenvalue weighted by atomic mass is 9.96. The molecule has 1 fully saturated rings. The lowest BCUT2D eigenvalue weighted by molar-refractivity contribution is -0.137. The fraction of sp³-hybridized carbons (Fsp3) is 0.222. The van der Waals surface area contributed by atoms with Crippen molar-refractivity contribution in [2.75, 3.05) is 0 Å².